The molecule has 5 nitrogen and oxygen atoms in total. The highest BCUT2D eigenvalue weighted by atomic mass is 16.3. The number of aliphatic hydroxyl groups excluding tert-OH is 2. The second-order valence-electron chi connectivity index (χ2n) is 3.22. The molecule has 0 bridgehead atoms. The van der Waals surface area contributed by atoms with Crippen LogP contribution in [-0.2, 0) is 0 Å². The molecule has 1 atom stereocenters. The first-order chi connectivity index (χ1) is 7.31. The Bertz CT molecular complexity index is 441. The van der Waals surface area contributed by atoms with Crippen LogP contribution in [0.1, 0.15) is 0 Å². The second-order valence-corrected chi connectivity index (χ2v) is 3.22. The summed E-state index contributed by atoms with van der Waals surface area (Å²) in [6.45, 7) is 0.0181. The summed E-state index contributed by atoms with van der Waals surface area (Å²) in [6.07, 6.45) is 0.602. The predicted octanol–water partition coefficient (Wildman–Crippen LogP) is 0.593. The summed E-state index contributed by atoms with van der Waals surface area (Å²) < 4.78 is 5.13. The van der Waals surface area contributed by atoms with Crippen molar-refractivity contribution in [1.82, 2.24) is 4.98 Å². The molecule has 0 radical (unpaired) electrons. The fraction of sp³-hybridized carbons (Fsp3) is 0.300. The largest absolute Gasteiger partial charge is 0.443 e. The first kappa shape index (κ1) is 9.95. The van der Waals surface area contributed by atoms with Crippen molar-refractivity contribution >= 4 is 16.8 Å². The summed E-state index contributed by atoms with van der Waals surface area (Å²) in [5.74, 6) is 0. The van der Waals surface area contributed by atoms with Gasteiger partial charge in [-0.1, -0.05) is 6.07 Å². The van der Waals surface area contributed by atoms with E-state index in [-0.39, 0.29) is 13.2 Å². The van der Waals surface area contributed by atoms with Gasteiger partial charge in [-0.15, -0.1) is 0 Å². The zero-order valence-electron chi connectivity index (χ0n) is 8.05. The fourth-order valence-electron chi connectivity index (χ4n) is 1.32. The summed E-state index contributed by atoms with van der Waals surface area (Å²) in [4.78, 5) is 4.05. The van der Waals surface area contributed by atoms with E-state index in [0.717, 1.165) is 11.2 Å². The number of nitrogens with zero attached hydrogens (tertiary/aromatic N) is 1. The number of nitrogens with one attached hydrogen (secondary N) is 1. The molecule has 0 fully saturated rings. The maximum absolute atomic E-state index is 9.19. The van der Waals surface area contributed by atoms with Gasteiger partial charge in [-0.05, 0) is 12.1 Å². The minimum atomic E-state index is -0.771. The zero-order chi connectivity index (χ0) is 10.7. The number of para-hydroxylation sites is 1. The first-order valence-electron chi connectivity index (χ1n) is 4.66. The molecular weight excluding hydrogens is 196 g/mol. The molecule has 0 saturated heterocycles. The number of fused-ring (bicyclic) bond motifs is 1. The molecule has 0 amide bonds. The SMILES string of the molecule is OCC(O)CNc1cccc2ocnc12. The van der Waals surface area contributed by atoms with Crippen LogP contribution < -0.4 is 5.32 Å². The van der Waals surface area contributed by atoms with E-state index in [1.54, 1.807) is 0 Å². The number of anilines is 1. The van der Waals surface area contributed by atoms with Crippen molar-refractivity contribution in [3.05, 3.63) is 24.6 Å². The van der Waals surface area contributed by atoms with Crippen LogP contribution in [0.15, 0.2) is 29.0 Å². The number of hydrogen-bond donors (Lipinski definition) is 3. The Balaban J connectivity index is 2.17. The van der Waals surface area contributed by atoms with E-state index in [9.17, 15) is 5.11 Å². The first-order valence-corrected chi connectivity index (χ1v) is 4.66. The van der Waals surface area contributed by atoms with Crippen LogP contribution in [0.2, 0.25) is 0 Å². The van der Waals surface area contributed by atoms with E-state index in [2.05, 4.69) is 10.3 Å². The van der Waals surface area contributed by atoms with Crippen molar-refractivity contribution in [3.8, 4) is 0 Å². The molecule has 0 spiro atoms. The van der Waals surface area contributed by atoms with Crippen molar-refractivity contribution < 1.29 is 14.6 Å². The third kappa shape index (κ3) is 2.08. The topological polar surface area (TPSA) is 78.5 Å². The Labute approximate surface area is 86.4 Å². The van der Waals surface area contributed by atoms with E-state index in [4.69, 9.17) is 9.52 Å². The summed E-state index contributed by atoms with van der Waals surface area (Å²) >= 11 is 0. The molecule has 2 aromatic rings. The van der Waals surface area contributed by atoms with Gasteiger partial charge in [-0.2, -0.15) is 0 Å². The zero-order valence-corrected chi connectivity index (χ0v) is 8.05. The maximum atomic E-state index is 9.19. The van der Waals surface area contributed by atoms with Crippen LogP contribution in [0.5, 0.6) is 0 Å². The van der Waals surface area contributed by atoms with Crippen molar-refractivity contribution in [2.45, 2.75) is 6.10 Å². The highest BCUT2D eigenvalue weighted by Crippen LogP contribution is 2.21. The Hall–Kier alpha value is -1.59. The standard InChI is InChI=1S/C10H12N2O3/c13-5-7(14)4-11-8-2-1-3-9-10(8)12-6-15-9/h1-3,6-7,11,13-14H,4-5H2. The van der Waals surface area contributed by atoms with Gasteiger partial charge in [0, 0.05) is 6.54 Å². The van der Waals surface area contributed by atoms with Crippen LogP contribution >= 0.6 is 0 Å². The van der Waals surface area contributed by atoms with Crippen LogP contribution in [-0.4, -0.2) is 34.5 Å². The Morgan fingerprint density at radius 3 is 3.13 bits per heavy atom. The molecule has 1 heterocycles. The lowest BCUT2D eigenvalue weighted by atomic mass is 10.2. The van der Waals surface area contributed by atoms with Crippen molar-refractivity contribution in [1.29, 1.82) is 0 Å². The van der Waals surface area contributed by atoms with Gasteiger partial charge in [0.05, 0.1) is 18.4 Å². The van der Waals surface area contributed by atoms with Gasteiger partial charge in [0.25, 0.3) is 0 Å². The third-order valence-electron chi connectivity index (χ3n) is 2.10. The number of aromatic nitrogens is 1. The molecule has 0 aliphatic rings. The van der Waals surface area contributed by atoms with Crippen molar-refractivity contribution in [2.24, 2.45) is 0 Å². The minimum Gasteiger partial charge on any atom is -0.443 e. The normalized spacial score (nSPS) is 12.9. The summed E-state index contributed by atoms with van der Waals surface area (Å²) in [6, 6.07) is 5.49. The van der Waals surface area contributed by atoms with Gasteiger partial charge in [-0.25, -0.2) is 4.98 Å². The van der Waals surface area contributed by atoms with Crippen LogP contribution in [0.4, 0.5) is 5.69 Å². The molecule has 0 saturated carbocycles. The molecule has 80 valence electrons. The van der Waals surface area contributed by atoms with E-state index < -0.39 is 6.10 Å². The number of hydrogen-bond acceptors (Lipinski definition) is 5. The molecule has 5 heteroatoms. The monoisotopic (exact) mass is 208 g/mol. The Kier molecular flexibility index (Phi) is 2.84. The van der Waals surface area contributed by atoms with E-state index in [0.29, 0.717) is 5.58 Å². The molecule has 1 aromatic heterocycles. The van der Waals surface area contributed by atoms with Crippen LogP contribution in [0, 0.1) is 0 Å². The number of oxazole rings is 1. The minimum absolute atomic E-state index is 0.262. The molecule has 2 rings (SSSR count). The number of aliphatic hydroxyl groups is 2. The highest BCUT2D eigenvalue weighted by Gasteiger charge is 2.06. The average molecular weight is 208 g/mol. The van der Waals surface area contributed by atoms with Gasteiger partial charge in [-0.3, -0.25) is 0 Å². The van der Waals surface area contributed by atoms with Crippen molar-refractivity contribution in [3.63, 3.8) is 0 Å². The quantitative estimate of drug-likeness (QED) is 0.685. The van der Waals surface area contributed by atoms with Gasteiger partial charge >= 0.3 is 0 Å². The van der Waals surface area contributed by atoms with Crippen LogP contribution in [0.25, 0.3) is 11.1 Å². The summed E-state index contributed by atoms with van der Waals surface area (Å²) in [7, 11) is 0. The second kappa shape index (κ2) is 4.29. The lowest BCUT2D eigenvalue weighted by Gasteiger charge is -2.09. The predicted molar refractivity (Wildman–Crippen MR) is 55.6 cm³/mol. The Morgan fingerprint density at radius 1 is 1.47 bits per heavy atom. The highest BCUT2D eigenvalue weighted by molar-refractivity contribution is 5.86. The van der Waals surface area contributed by atoms with Gasteiger partial charge < -0.3 is 19.9 Å². The van der Waals surface area contributed by atoms with E-state index in [1.165, 1.54) is 6.39 Å². The maximum Gasteiger partial charge on any atom is 0.182 e. The summed E-state index contributed by atoms with van der Waals surface area (Å²) in [5, 5.41) is 20.8. The Morgan fingerprint density at radius 2 is 2.33 bits per heavy atom. The smallest absolute Gasteiger partial charge is 0.182 e. The van der Waals surface area contributed by atoms with Crippen molar-refractivity contribution in [2.75, 3.05) is 18.5 Å². The fourth-order valence-corrected chi connectivity index (χ4v) is 1.32. The van der Waals surface area contributed by atoms with Crippen LogP contribution in [0.3, 0.4) is 0 Å². The lowest BCUT2D eigenvalue weighted by molar-refractivity contribution is 0.105. The molecule has 3 N–H and O–H groups in total. The van der Waals surface area contributed by atoms with E-state index in [1.807, 2.05) is 18.2 Å². The van der Waals surface area contributed by atoms with Gasteiger partial charge in [0.15, 0.2) is 12.0 Å². The van der Waals surface area contributed by atoms with Gasteiger partial charge in [0.1, 0.15) is 5.52 Å². The number of benzene rings is 1. The third-order valence-corrected chi connectivity index (χ3v) is 2.10. The molecule has 1 unspecified atom stereocenters. The lowest BCUT2D eigenvalue weighted by Crippen LogP contribution is -2.22. The molecule has 0 aliphatic heterocycles. The molecule has 0 aliphatic carbocycles. The average Bonchev–Trinajstić information content (AvgIpc) is 2.74. The molecular formula is C10H12N2O3. The van der Waals surface area contributed by atoms with E-state index >= 15 is 0 Å². The molecule has 15 heavy (non-hydrogen) atoms. The van der Waals surface area contributed by atoms with Gasteiger partial charge in [0.2, 0.25) is 0 Å². The molecule has 1 aromatic carbocycles. The number of rotatable bonds is 4. The summed E-state index contributed by atoms with van der Waals surface area (Å²) in [5.41, 5.74) is 2.20.